The highest BCUT2D eigenvalue weighted by Gasteiger charge is 2.36. The van der Waals surface area contributed by atoms with Gasteiger partial charge in [-0.05, 0) is 31.9 Å². The fourth-order valence-corrected chi connectivity index (χ4v) is 5.03. The van der Waals surface area contributed by atoms with Crippen LogP contribution in [0.3, 0.4) is 0 Å². The molecular weight excluding hydrogens is 452 g/mol. The van der Waals surface area contributed by atoms with Crippen LogP contribution in [0.5, 0.6) is 0 Å². The smallest absolute Gasteiger partial charge is 0.265 e. The number of aryl methyl sites for hydroxylation is 1. The van der Waals surface area contributed by atoms with Crippen LogP contribution in [0.25, 0.3) is 11.0 Å². The van der Waals surface area contributed by atoms with Gasteiger partial charge in [0.05, 0.1) is 29.2 Å². The van der Waals surface area contributed by atoms with E-state index in [1.165, 1.54) is 12.3 Å². The van der Waals surface area contributed by atoms with Crippen molar-refractivity contribution in [1.82, 2.24) is 24.2 Å². The number of nitriles is 1. The molecule has 1 aliphatic rings. The van der Waals surface area contributed by atoms with Crippen LogP contribution in [-0.2, 0) is 13.6 Å². The first kappa shape index (κ1) is 24.8. The third kappa shape index (κ3) is 4.65. The lowest BCUT2D eigenvalue weighted by molar-refractivity contribution is 0.0989. The Morgan fingerprint density at radius 1 is 1.20 bits per heavy atom. The lowest BCUT2D eigenvalue weighted by Crippen LogP contribution is -2.59. The van der Waals surface area contributed by atoms with Crippen molar-refractivity contribution < 1.29 is 8.78 Å². The molecule has 3 atom stereocenters. The fourth-order valence-electron chi connectivity index (χ4n) is 5.03. The maximum Gasteiger partial charge on any atom is 0.265 e. The molecule has 35 heavy (non-hydrogen) atoms. The molecule has 0 N–H and O–H groups in total. The van der Waals surface area contributed by atoms with Gasteiger partial charge in [0.2, 0.25) is 0 Å². The first-order valence-electron chi connectivity index (χ1n) is 12.0. The second kappa shape index (κ2) is 10.1. The van der Waals surface area contributed by atoms with Gasteiger partial charge in [-0.2, -0.15) is 10.4 Å². The van der Waals surface area contributed by atoms with E-state index in [0.717, 1.165) is 30.8 Å². The summed E-state index contributed by atoms with van der Waals surface area (Å²) >= 11 is 0. The largest absolute Gasteiger partial charge is 0.364 e. The van der Waals surface area contributed by atoms with Crippen LogP contribution in [0.1, 0.15) is 57.3 Å². The number of hydrogen-bond donors (Lipinski definition) is 0. The van der Waals surface area contributed by atoms with E-state index in [9.17, 15) is 13.6 Å². The van der Waals surface area contributed by atoms with Gasteiger partial charge in [-0.15, -0.1) is 0 Å². The molecule has 4 rings (SSSR count). The Labute approximate surface area is 203 Å². The number of nitrogens with zero attached hydrogens (tertiary/aromatic N) is 7. The number of halogens is 2. The molecule has 1 fully saturated rings. The van der Waals surface area contributed by atoms with E-state index in [1.807, 2.05) is 0 Å². The number of anilines is 1. The van der Waals surface area contributed by atoms with Crippen molar-refractivity contribution in [3.8, 4) is 6.07 Å². The zero-order valence-electron chi connectivity index (χ0n) is 20.5. The van der Waals surface area contributed by atoms with Crippen molar-refractivity contribution in [2.24, 2.45) is 7.05 Å². The van der Waals surface area contributed by atoms with Crippen LogP contribution in [0.4, 0.5) is 14.5 Å². The summed E-state index contributed by atoms with van der Waals surface area (Å²) in [5.41, 5.74) is 2.77. The Hall–Kier alpha value is -3.32. The molecule has 0 bridgehead atoms. The standard InChI is InChI=1S/C25H31F2N7O/c1-5-18-14-34(21-11-23(35)31(4)22-15-32(10-9-28)30-24(21)22)19(6-2)13-33(18)16(3)20-8-7-17(12-29-20)25(26)27/h7-8,11-12,15-16,18-19,25H,5-6,10,13-14H2,1-4H3/t16?,18-,19+/m1/s1. The lowest BCUT2D eigenvalue weighted by atomic mass is 9.98. The highest BCUT2D eigenvalue weighted by Crippen LogP contribution is 2.34. The number of piperazine rings is 1. The molecule has 3 aromatic heterocycles. The first-order valence-corrected chi connectivity index (χ1v) is 12.0. The third-order valence-corrected chi connectivity index (χ3v) is 7.15. The van der Waals surface area contributed by atoms with E-state index in [-0.39, 0.29) is 35.8 Å². The number of rotatable bonds is 7. The highest BCUT2D eigenvalue weighted by molar-refractivity contribution is 5.88. The van der Waals surface area contributed by atoms with Crippen molar-refractivity contribution in [3.05, 3.63) is 52.2 Å². The summed E-state index contributed by atoms with van der Waals surface area (Å²) in [7, 11) is 1.71. The van der Waals surface area contributed by atoms with Crippen molar-refractivity contribution in [1.29, 1.82) is 5.26 Å². The van der Waals surface area contributed by atoms with Crippen molar-refractivity contribution >= 4 is 16.7 Å². The predicted molar refractivity (Wildman–Crippen MR) is 130 cm³/mol. The average Bonchev–Trinajstić information content (AvgIpc) is 3.29. The molecule has 0 aliphatic carbocycles. The number of alkyl halides is 2. The molecule has 0 radical (unpaired) electrons. The third-order valence-electron chi connectivity index (χ3n) is 7.15. The van der Waals surface area contributed by atoms with E-state index < -0.39 is 6.43 Å². The Balaban J connectivity index is 1.69. The number of fused-ring (bicyclic) bond motifs is 1. The molecule has 8 nitrogen and oxygen atoms in total. The molecule has 0 saturated carbocycles. The van der Waals surface area contributed by atoms with Crippen LogP contribution in [0.2, 0.25) is 0 Å². The molecule has 1 aliphatic heterocycles. The van der Waals surface area contributed by atoms with Gasteiger partial charge in [0, 0.05) is 56.1 Å². The second-order valence-corrected chi connectivity index (χ2v) is 9.11. The molecule has 186 valence electrons. The van der Waals surface area contributed by atoms with Crippen LogP contribution >= 0.6 is 0 Å². The van der Waals surface area contributed by atoms with Crippen molar-refractivity contribution in [2.45, 2.75) is 64.7 Å². The fraction of sp³-hybridized carbons (Fsp3) is 0.520. The summed E-state index contributed by atoms with van der Waals surface area (Å²) in [6, 6.07) is 7.14. The molecule has 10 heteroatoms. The molecule has 0 aromatic carbocycles. The van der Waals surface area contributed by atoms with Gasteiger partial charge in [0.15, 0.2) is 0 Å². The van der Waals surface area contributed by atoms with E-state index in [2.05, 4.69) is 46.7 Å². The molecule has 1 saturated heterocycles. The minimum Gasteiger partial charge on any atom is -0.364 e. The van der Waals surface area contributed by atoms with Crippen molar-refractivity contribution in [2.75, 3.05) is 18.0 Å². The van der Waals surface area contributed by atoms with Gasteiger partial charge >= 0.3 is 0 Å². The summed E-state index contributed by atoms with van der Waals surface area (Å²) in [4.78, 5) is 21.8. The van der Waals surface area contributed by atoms with Crippen LogP contribution in [0, 0.1) is 11.3 Å². The van der Waals surface area contributed by atoms with E-state index in [4.69, 9.17) is 5.26 Å². The van der Waals surface area contributed by atoms with Gasteiger partial charge < -0.3 is 9.47 Å². The van der Waals surface area contributed by atoms with Gasteiger partial charge in [-0.1, -0.05) is 13.8 Å². The molecular formula is C25H31F2N7O. The lowest BCUT2D eigenvalue weighted by Gasteiger charge is -2.49. The van der Waals surface area contributed by atoms with E-state index in [1.54, 1.807) is 34.6 Å². The van der Waals surface area contributed by atoms with Gasteiger partial charge in [0.1, 0.15) is 12.1 Å². The van der Waals surface area contributed by atoms with Crippen molar-refractivity contribution in [3.63, 3.8) is 0 Å². The summed E-state index contributed by atoms with van der Waals surface area (Å²) in [5.74, 6) is 0. The minimum atomic E-state index is -2.53. The maximum absolute atomic E-state index is 13.0. The molecule has 0 amide bonds. The number of hydrogen-bond acceptors (Lipinski definition) is 6. The Bertz CT molecular complexity index is 1280. The summed E-state index contributed by atoms with van der Waals surface area (Å²) in [5, 5.41) is 13.7. The topological polar surface area (TPSA) is 83.0 Å². The highest BCUT2D eigenvalue weighted by atomic mass is 19.3. The quantitative estimate of drug-likeness (QED) is 0.505. The van der Waals surface area contributed by atoms with Crippen LogP contribution in [0.15, 0.2) is 35.4 Å². The molecule has 0 spiro atoms. The number of aromatic nitrogens is 4. The summed E-state index contributed by atoms with van der Waals surface area (Å²) in [6.45, 7) is 7.86. The average molecular weight is 484 g/mol. The molecule has 1 unspecified atom stereocenters. The van der Waals surface area contributed by atoms with E-state index in [0.29, 0.717) is 17.6 Å². The molecule has 4 heterocycles. The summed E-state index contributed by atoms with van der Waals surface area (Å²) in [6.07, 6.45) is 2.21. The SMILES string of the molecule is CC[C@H]1CN(C(C)c2ccc(C(F)F)cn2)[C@H](CC)CN1c1cc(=O)n(C)c2cn(CC#N)nc12. The zero-order valence-corrected chi connectivity index (χ0v) is 20.5. The normalized spacial score (nSPS) is 19.9. The zero-order chi connectivity index (χ0) is 25.3. The first-order chi connectivity index (χ1) is 16.8. The number of pyridine rings is 2. The van der Waals surface area contributed by atoms with Gasteiger partial charge in [0.25, 0.3) is 12.0 Å². The Morgan fingerprint density at radius 2 is 1.94 bits per heavy atom. The van der Waals surface area contributed by atoms with E-state index >= 15 is 0 Å². The maximum atomic E-state index is 13.0. The van der Waals surface area contributed by atoms with Crippen LogP contribution in [-0.4, -0.2) is 49.4 Å². The second-order valence-electron chi connectivity index (χ2n) is 9.11. The molecule has 3 aromatic rings. The van der Waals surface area contributed by atoms with Gasteiger partial charge in [-0.3, -0.25) is 19.4 Å². The van der Waals surface area contributed by atoms with Crippen LogP contribution < -0.4 is 10.5 Å². The monoisotopic (exact) mass is 483 g/mol. The summed E-state index contributed by atoms with van der Waals surface area (Å²) < 4.78 is 29.1. The Morgan fingerprint density at radius 3 is 2.54 bits per heavy atom. The predicted octanol–water partition coefficient (Wildman–Crippen LogP) is 4.03. The van der Waals surface area contributed by atoms with Gasteiger partial charge in [-0.25, -0.2) is 8.78 Å². The Kier molecular flexibility index (Phi) is 7.17. The minimum absolute atomic E-state index is 0.0404.